The summed E-state index contributed by atoms with van der Waals surface area (Å²) in [6.45, 7) is 2.34. The molecule has 0 saturated heterocycles. The molecular weight excluding hydrogens is 348 g/mol. The number of allylic oxidation sites excluding steroid dienone is 1. The van der Waals surface area contributed by atoms with E-state index in [9.17, 15) is 15.0 Å². The van der Waals surface area contributed by atoms with Crippen LogP contribution in [0.3, 0.4) is 0 Å². The SMILES string of the molecule is C[C@]12CC3c4ccc(O)cc4C[C@]45CCC(=O)C=C4CC[C@H](C35)[C@@H]1CC[C@@H]2O. The zero-order chi connectivity index (χ0) is 19.3. The normalized spacial score (nSPS) is 46.1. The van der Waals surface area contributed by atoms with Gasteiger partial charge in [0.2, 0.25) is 0 Å². The van der Waals surface area contributed by atoms with Gasteiger partial charge in [-0.1, -0.05) is 18.6 Å². The van der Waals surface area contributed by atoms with Crippen molar-refractivity contribution < 1.29 is 15.0 Å². The van der Waals surface area contributed by atoms with E-state index in [-0.39, 0.29) is 16.9 Å². The molecule has 148 valence electrons. The summed E-state index contributed by atoms with van der Waals surface area (Å²) in [6, 6.07) is 5.96. The highest BCUT2D eigenvalue weighted by molar-refractivity contribution is 5.91. The van der Waals surface area contributed by atoms with Crippen LogP contribution in [-0.2, 0) is 11.2 Å². The fourth-order valence-electron chi connectivity index (χ4n) is 8.57. The van der Waals surface area contributed by atoms with Gasteiger partial charge in [-0.2, -0.15) is 0 Å². The molecule has 0 amide bonds. The van der Waals surface area contributed by atoms with Crippen LogP contribution in [0.25, 0.3) is 0 Å². The maximum Gasteiger partial charge on any atom is 0.155 e. The van der Waals surface area contributed by atoms with E-state index in [1.807, 2.05) is 18.2 Å². The van der Waals surface area contributed by atoms with Gasteiger partial charge in [-0.25, -0.2) is 0 Å². The fourth-order valence-corrected chi connectivity index (χ4v) is 8.57. The van der Waals surface area contributed by atoms with Gasteiger partial charge in [0.05, 0.1) is 6.10 Å². The molecule has 1 spiro atoms. The first-order valence-electron chi connectivity index (χ1n) is 11.2. The molecule has 2 unspecified atom stereocenters. The molecule has 28 heavy (non-hydrogen) atoms. The monoisotopic (exact) mass is 378 g/mol. The molecule has 0 radical (unpaired) electrons. The van der Waals surface area contributed by atoms with Gasteiger partial charge in [0.25, 0.3) is 0 Å². The summed E-state index contributed by atoms with van der Waals surface area (Å²) in [5.74, 6) is 2.92. The second-order valence-corrected chi connectivity index (χ2v) is 10.6. The molecule has 1 aromatic rings. The van der Waals surface area contributed by atoms with Gasteiger partial charge in [-0.3, -0.25) is 4.79 Å². The number of aromatic hydroxyl groups is 1. The van der Waals surface area contributed by atoms with E-state index < -0.39 is 0 Å². The molecule has 3 nitrogen and oxygen atoms in total. The molecule has 7 atom stereocenters. The Labute approximate surface area is 166 Å². The summed E-state index contributed by atoms with van der Waals surface area (Å²) < 4.78 is 0. The quantitative estimate of drug-likeness (QED) is 0.698. The Morgan fingerprint density at radius 2 is 2.00 bits per heavy atom. The number of phenolic OH excluding ortho intramolecular Hbond substituents is 1. The molecule has 2 N–H and O–H groups in total. The number of aliphatic hydroxyl groups excluding tert-OH is 1. The number of benzene rings is 1. The maximum atomic E-state index is 12.3. The summed E-state index contributed by atoms with van der Waals surface area (Å²) in [5.41, 5.74) is 4.17. The van der Waals surface area contributed by atoms with Crippen LogP contribution in [0.1, 0.15) is 68.9 Å². The van der Waals surface area contributed by atoms with Gasteiger partial charge >= 0.3 is 0 Å². The van der Waals surface area contributed by atoms with Gasteiger partial charge in [-0.05, 0) is 109 Å². The van der Waals surface area contributed by atoms with Crippen molar-refractivity contribution in [1.29, 1.82) is 0 Å². The third-order valence-corrected chi connectivity index (χ3v) is 9.64. The Bertz CT molecular complexity index is 901. The van der Waals surface area contributed by atoms with Crippen LogP contribution in [-0.4, -0.2) is 22.1 Å². The minimum atomic E-state index is -0.193. The van der Waals surface area contributed by atoms with Gasteiger partial charge in [0, 0.05) is 6.42 Å². The Morgan fingerprint density at radius 1 is 1.14 bits per heavy atom. The van der Waals surface area contributed by atoms with E-state index in [0.717, 1.165) is 38.5 Å². The Morgan fingerprint density at radius 3 is 2.86 bits per heavy atom. The van der Waals surface area contributed by atoms with Crippen LogP contribution in [0, 0.1) is 28.6 Å². The maximum absolute atomic E-state index is 12.3. The van der Waals surface area contributed by atoms with Crippen LogP contribution >= 0.6 is 0 Å². The molecule has 0 aliphatic heterocycles. The van der Waals surface area contributed by atoms with Crippen molar-refractivity contribution in [3.8, 4) is 5.75 Å². The highest BCUT2D eigenvalue weighted by Gasteiger charge is 2.64. The van der Waals surface area contributed by atoms with Crippen molar-refractivity contribution in [2.24, 2.45) is 28.6 Å². The minimum Gasteiger partial charge on any atom is -0.508 e. The van der Waals surface area contributed by atoms with Crippen LogP contribution in [0.4, 0.5) is 0 Å². The predicted molar refractivity (Wildman–Crippen MR) is 107 cm³/mol. The van der Waals surface area contributed by atoms with E-state index in [2.05, 4.69) is 13.0 Å². The molecule has 6 rings (SSSR count). The van der Waals surface area contributed by atoms with Gasteiger partial charge in [0.1, 0.15) is 5.75 Å². The third kappa shape index (κ3) is 2.01. The number of aliphatic hydroxyl groups is 1. The van der Waals surface area contributed by atoms with Gasteiger partial charge in [0.15, 0.2) is 5.78 Å². The molecule has 3 fully saturated rings. The van der Waals surface area contributed by atoms with Crippen molar-refractivity contribution in [1.82, 2.24) is 0 Å². The zero-order valence-corrected chi connectivity index (χ0v) is 16.7. The summed E-state index contributed by atoms with van der Waals surface area (Å²) in [6.07, 6.45) is 9.74. The number of carbonyl (C=O) groups is 1. The lowest BCUT2D eigenvalue weighted by atomic mass is 9.40. The van der Waals surface area contributed by atoms with Crippen molar-refractivity contribution in [2.75, 3.05) is 0 Å². The highest BCUT2D eigenvalue weighted by atomic mass is 16.3. The topological polar surface area (TPSA) is 57.5 Å². The zero-order valence-electron chi connectivity index (χ0n) is 16.7. The number of hydrogen-bond acceptors (Lipinski definition) is 3. The van der Waals surface area contributed by atoms with Crippen LogP contribution in [0.15, 0.2) is 29.8 Å². The van der Waals surface area contributed by atoms with Crippen LogP contribution in [0.2, 0.25) is 0 Å². The first-order chi connectivity index (χ1) is 13.4. The first kappa shape index (κ1) is 17.3. The number of hydrogen-bond donors (Lipinski definition) is 2. The van der Waals surface area contributed by atoms with Crippen LogP contribution < -0.4 is 0 Å². The Balaban J connectivity index is 1.57. The summed E-state index contributed by atoms with van der Waals surface area (Å²) in [7, 11) is 0. The Hall–Kier alpha value is -1.61. The highest BCUT2D eigenvalue weighted by Crippen LogP contribution is 2.71. The van der Waals surface area contributed by atoms with E-state index in [4.69, 9.17) is 0 Å². The second kappa shape index (κ2) is 5.50. The minimum absolute atomic E-state index is 0.00518. The lowest BCUT2D eigenvalue weighted by Gasteiger charge is -2.64. The molecule has 1 aromatic carbocycles. The van der Waals surface area contributed by atoms with E-state index in [1.54, 1.807) is 0 Å². The molecule has 0 bridgehead atoms. The number of fused-ring (bicyclic) bond motifs is 4. The predicted octanol–water partition coefficient (Wildman–Crippen LogP) is 4.51. The standard InChI is InChI=1S/C25H30O3/c1-24-13-20-18-5-3-16(26)10-14(18)12-25-9-8-17(27)11-15(25)2-4-19(23(20)25)21(24)6-7-22(24)28/h3,5,10-11,19-23,26,28H,2,4,6-9,12-13H2,1H3/t19-,20?,21-,22-,23?,24-,25+/m0/s1. The molecule has 0 heterocycles. The molecule has 5 aliphatic carbocycles. The second-order valence-electron chi connectivity index (χ2n) is 10.6. The lowest BCUT2D eigenvalue weighted by Crippen LogP contribution is -2.57. The number of phenols is 1. The number of ketones is 1. The van der Waals surface area contributed by atoms with E-state index in [1.165, 1.54) is 23.1 Å². The molecule has 3 saturated carbocycles. The first-order valence-corrected chi connectivity index (χ1v) is 11.2. The van der Waals surface area contributed by atoms with Crippen molar-refractivity contribution in [2.45, 2.75) is 70.3 Å². The number of carbonyl (C=O) groups excluding carboxylic acids is 1. The lowest BCUT2D eigenvalue weighted by molar-refractivity contribution is -0.120. The van der Waals surface area contributed by atoms with Gasteiger partial charge in [-0.15, -0.1) is 0 Å². The number of rotatable bonds is 0. The fraction of sp³-hybridized carbons (Fsp3) is 0.640. The summed E-state index contributed by atoms with van der Waals surface area (Å²) in [4.78, 5) is 12.3. The smallest absolute Gasteiger partial charge is 0.155 e. The van der Waals surface area contributed by atoms with E-state index in [0.29, 0.717) is 41.6 Å². The largest absolute Gasteiger partial charge is 0.508 e. The Kier molecular flexibility index (Phi) is 3.39. The van der Waals surface area contributed by atoms with Crippen molar-refractivity contribution in [3.05, 3.63) is 41.0 Å². The molecule has 3 heteroatoms. The van der Waals surface area contributed by atoms with Crippen LogP contribution in [0.5, 0.6) is 5.75 Å². The summed E-state index contributed by atoms with van der Waals surface area (Å²) in [5, 5.41) is 21.1. The molecule has 5 aliphatic rings. The van der Waals surface area contributed by atoms with Crippen molar-refractivity contribution in [3.63, 3.8) is 0 Å². The van der Waals surface area contributed by atoms with E-state index >= 15 is 0 Å². The van der Waals surface area contributed by atoms with Crippen molar-refractivity contribution >= 4 is 5.78 Å². The third-order valence-electron chi connectivity index (χ3n) is 9.64. The van der Waals surface area contributed by atoms with Gasteiger partial charge < -0.3 is 10.2 Å². The average Bonchev–Trinajstić information content (AvgIpc) is 2.96. The average molecular weight is 379 g/mol. The molecule has 0 aromatic heterocycles. The molecular formula is C25H30O3. The summed E-state index contributed by atoms with van der Waals surface area (Å²) >= 11 is 0.